The van der Waals surface area contributed by atoms with Gasteiger partial charge in [0.15, 0.2) is 0 Å². The van der Waals surface area contributed by atoms with E-state index in [4.69, 9.17) is 23.2 Å². The summed E-state index contributed by atoms with van der Waals surface area (Å²) in [6.07, 6.45) is 3.43. The molecule has 0 nitrogen and oxygen atoms in total. The Bertz CT molecular complexity index is 355. The Labute approximate surface area is 114 Å². The van der Waals surface area contributed by atoms with Crippen LogP contribution in [0.25, 0.3) is 0 Å². The zero-order valence-corrected chi connectivity index (χ0v) is 12.2. The summed E-state index contributed by atoms with van der Waals surface area (Å²) < 4.78 is 14.3. The van der Waals surface area contributed by atoms with Crippen LogP contribution in [-0.2, 0) is 6.42 Å². The lowest BCUT2D eigenvalue weighted by molar-refractivity contribution is 0.595. The number of hydrogen-bond donors (Lipinski definition) is 0. The minimum absolute atomic E-state index is 0.117. The van der Waals surface area contributed by atoms with E-state index in [2.05, 4.69) is 22.9 Å². The third-order valence-electron chi connectivity index (χ3n) is 2.44. The van der Waals surface area contributed by atoms with E-state index in [1.54, 1.807) is 12.1 Å². The largest absolute Gasteiger partial charge is 0.205 e. The van der Waals surface area contributed by atoms with Crippen molar-refractivity contribution >= 4 is 39.1 Å². The Kier molecular flexibility index (Phi) is 6.09. The van der Waals surface area contributed by atoms with E-state index < -0.39 is 0 Å². The van der Waals surface area contributed by atoms with Crippen LogP contribution in [0.5, 0.6) is 0 Å². The fourth-order valence-electron chi connectivity index (χ4n) is 1.53. The van der Waals surface area contributed by atoms with Gasteiger partial charge in [-0.1, -0.05) is 31.0 Å². The predicted molar refractivity (Wildman–Crippen MR) is 72.0 cm³/mol. The van der Waals surface area contributed by atoms with Gasteiger partial charge in [0.2, 0.25) is 0 Å². The molecule has 1 atom stereocenters. The zero-order valence-electron chi connectivity index (χ0n) is 9.07. The summed E-state index contributed by atoms with van der Waals surface area (Å²) in [6, 6.07) is 3.52. The average molecular weight is 328 g/mol. The molecule has 0 aromatic heterocycles. The molecule has 1 aromatic rings. The van der Waals surface area contributed by atoms with Gasteiger partial charge in [-0.25, -0.2) is 4.39 Å². The molecule has 0 aliphatic rings. The van der Waals surface area contributed by atoms with Gasteiger partial charge >= 0.3 is 0 Å². The normalized spacial score (nSPS) is 12.8. The van der Waals surface area contributed by atoms with Gasteiger partial charge in [-0.2, -0.15) is 0 Å². The first kappa shape index (κ1) is 14.3. The first-order valence-electron chi connectivity index (χ1n) is 5.32. The van der Waals surface area contributed by atoms with Gasteiger partial charge < -0.3 is 0 Å². The second kappa shape index (κ2) is 6.83. The maximum atomic E-state index is 13.7. The van der Waals surface area contributed by atoms with Crippen molar-refractivity contribution in [1.29, 1.82) is 0 Å². The minimum Gasteiger partial charge on any atom is -0.205 e. The number of rotatable bonds is 5. The Morgan fingerprint density at radius 1 is 1.38 bits per heavy atom. The van der Waals surface area contributed by atoms with Gasteiger partial charge in [-0.3, -0.25) is 0 Å². The van der Waals surface area contributed by atoms with E-state index in [1.165, 1.54) is 0 Å². The second-order valence-electron chi connectivity index (χ2n) is 3.76. The highest BCUT2D eigenvalue weighted by molar-refractivity contribution is 9.10. The summed E-state index contributed by atoms with van der Waals surface area (Å²) in [5, 5.41) is 0.269. The van der Waals surface area contributed by atoms with E-state index in [-0.39, 0.29) is 16.2 Å². The highest BCUT2D eigenvalue weighted by Gasteiger charge is 2.11. The molecular weight excluding hydrogens is 314 g/mol. The van der Waals surface area contributed by atoms with Crippen LogP contribution in [0.3, 0.4) is 0 Å². The summed E-state index contributed by atoms with van der Waals surface area (Å²) in [6.45, 7) is 2.09. The average Bonchev–Trinajstić information content (AvgIpc) is 2.25. The van der Waals surface area contributed by atoms with Crippen molar-refractivity contribution in [2.75, 3.05) is 0 Å². The van der Waals surface area contributed by atoms with E-state index in [0.29, 0.717) is 16.5 Å². The van der Waals surface area contributed by atoms with Crippen LogP contribution >= 0.6 is 39.1 Å². The summed E-state index contributed by atoms with van der Waals surface area (Å²) in [5.74, 6) is -0.337. The van der Waals surface area contributed by atoms with Crippen LogP contribution < -0.4 is 0 Å². The molecule has 1 rings (SSSR count). The molecule has 0 bridgehead atoms. The van der Waals surface area contributed by atoms with Crippen molar-refractivity contribution in [2.24, 2.45) is 0 Å². The molecule has 0 spiro atoms. The van der Waals surface area contributed by atoms with Crippen molar-refractivity contribution < 1.29 is 4.39 Å². The molecule has 0 fully saturated rings. The van der Waals surface area contributed by atoms with Crippen LogP contribution in [0.15, 0.2) is 16.6 Å². The Morgan fingerprint density at radius 3 is 2.69 bits per heavy atom. The summed E-state index contributed by atoms with van der Waals surface area (Å²) in [7, 11) is 0. The summed E-state index contributed by atoms with van der Waals surface area (Å²) >= 11 is 15.1. The van der Waals surface area contributed by atoms with Gasteiger partial charge in [-0.05, 0) is 46.8 Å². The second-order valence-corrected chi connectivity index (χ2v) is 5.61. The maximum absolute atomic E-state index is 13.7. The van der Waals surface area contributed by atoms with Gasteiger partial charge in [0.1, 0.15) is 5.82 Å². The lowest BCUT2D eigenvalue weighted by Crippen LogP contribution is -2.02. The van der Waals surface area contributed by atoms with Crippen molar-refractivity contribution in [3.63, 3.8) is 0 Å². The SMILES string of the molecule is CCCC(Cl)CCc1ccc(Br)c(Cl)c1F. The molecule has 0 N–H and O–H groups in total. The molecule has 0 saturated carbocycles. The smallest absolute Gasteiger partial charge is 0.146 e. The van der Waals surface area contributed by atoms with Gasteiger partial charge in [0, 0.05) is 9.85 Å². The molecule has 1 unspecified atom stereocenters. The van der Waals surface area contributed by atoms with Gasteiger partial charge in [-0.15, -0.1) is 11.6 Å². The van der Waals surface area contributed by atoms with Gasteiger partial charge in [0.05, 0.1) is 5.02 Å². The van der Waals surface area contributed by atoms with Crippen LogP contribution in [0.1, 0.15) is 31.7 Å². The van der Waals surface area contributed by atoms with E-state index in [1.807, 2.05) is 0 Å². The lowest BCUT2D eigenvalue weighted by Gasteiger charge is -2.09. The molecule has 0 heterocycles. The van der Waals surface area contributed by atoms with Crippen LogP contribution in [0.2, 0.25) is 5.02 Å². The first-order valence-corrected chi connectivity index (χ1v) is 6.93. The number of halogens is 4. The molecule has 0 aliphatic carbocycles. The minimum atomic E-state index is -0.337. The third kappa shape index (κ3) is 3.90. The Morgan fingerprint density at radius 2 is 2.06 bits per heavy atom. The zero-order chi connectivity index (χ0) is 12.1. The van der Waals surface area contributed by atoms with Crippen molar-refractivity contribution in [2.45, 2.75) is 38.0 Å². The number of hydrogen-bond acceptors (Lipinski definition) is 0. The number of benzene rings is 1. The molecule has 0 aliphatic heterocycles. The van der Waals surface area contributed by atoms with E-state index >= 15 is 0 Å². The Balaban J connectivity index is 2.64. The predicted octanol–water partition coefficient (Wildman–Crippen LogP) is 5.58. The monoisotopic (exact) mass is 326 g/mol. The van der Waals surface area contributed by atoms with E-state index in [9.17, 15) is 4.39 Å². The highest BCUT2D eigenvalue weighted by Crippen LogP contribution is 2.28. The van der Waals surface area contributed by atoms with Crippen LogP contribution in [-0.4, -0.2) is 5.38 Å². The summed E-state index contributed by atoms with van der Waals surface area (Å²) in [4.78, 5) is 0. The maximum Gasteiger partial charge on any atom is 0.146 e. The topological polar surface area (TPSA) is 0 Å². The molecule has 1 aromatic carbocycles. The first-order chi connectivity index (χ1) is 7.56. The molecule has 16 heavy (non-hydrogen) atoms. The quantitative estimate of drug-likeness (QED) is 0.489. The van der Waals surface area contributed by atoms with Crippen molar-refractivity contribution in [3.05, 3.63) is 33.0 Å². The fourth-order valence-corrected chi connectivity index (χ4v) is 2.35. The molecule has 90 valence electrons. The lowest BCUT2D eigenvalue weighted by atomic mass is 10.1. The summed E-state index contributed by atoms with van der Waals surface area (Å²) in [5.41, 5.74) is 0.634. The van der Waals surface area contributed by atoms with Gasteiger partial charge in [0.25, 0.3) is 0 Å². The molecular formula is C12H14BrCl2F. The van der Waals surface area contributed by atoms with Crippen LogP contribution in [0, 0.1) is 5.82 Å². The van der Waals surface area contributed by atoms with Crippen LogP contribution in [0.4, 0.5) is 4.39 Å². The molecule has 0 saturated heterocycles. The highest BCUT2D eigenvalue weighted by atomic mass is 79.9. The standard InChI is InChI=1S/C12H14BrCl2F/c1-2-3-9(14)6-4-8-5-7-10(13)11(15)12(8)16/h5,7,9H,2-4,6H2,1H3. The molecule has 0 amide bonds. The van der Waals surface area contributed by atoms with Crippen molar-refractivity contribution in [1.82, 2.24) is 0 Å². The fraction of sp³-hybridized carbons (Fsp3) is 0.500. The Hall–Kier alpha value is 0.210. The van der Waals surface area contributed by atoms with Crippen molar-refractivity contribution in [3.8, 4) is 0 Å². The third-order valence-corrected chi connectivity index (χ3v) is 4.14. The number of alkyl halides is 1. The van der Waals surface area contributed by atoms with E-state index in [0.717, 1.165) is 19.3 Å². The molecule has 0 radical (unpaired) electrons. The number of aryl methyl sites for hydroxylation is 1. The molecule has 4 heteroatoms.